The number of hydrogen-bond donors (Lipinski definition) is 1. The second-order valence-electron chi connectivity index (χ2n) is 3.15. The van der Waals surface area contributed by atoms with Gasteiger partial charge in [-0.2, -0.15) is 0 Å². The van der Waals surface area contributed by atoms with E-state index in [-0.39, 0.29) is 15.1 Å². The van der Waals surface area contributed by atoms with E-state index in [2.05, 4.69) is 9.72 Å². The lowest BCUT2D eigenvalue weighted by molar-refractivity contribution is -0.276. The molecule has 0 saturated carbocycles. The van der Waals surface area contributed by atoms with Crippen molar-refractivity contribution >= 4 is 40.2 Å². The van der Waals surface area contributed by atoms with Gasteiger partial charge in [-0.15, -0.1) is 24.8 Å². The maximum Gasteiger partial charge on any atom is 0.574 e. The van der Waals surface area contributed by atoms with Crippen LogP contribution >= 0.6 is 34.2 Å². The molecule has 100 valence electrons. The molecule has 0 atom stereocenters. The van der Waals surface area contributed by atoms with Crippen LogP contribution in [0.5, 0.6) is 5.88 Å². The molecule has 0 aliphatic carbocycles. The normalized spacial score (nSPS) is 11.4. The molecule has 1 aromatic rings. The second kappa shape index (κ2) is 5.91. The monoisotopic (exact) mass is 395 g/mol. The zero-order valence-electron chi connectivity index (χ0n) is 8.59. The number of nitrogens with zero attached hydrogens (tertiary/aromatic N) is 1. The van der Waals surface area contributed by atoms with Crippen molar-refractivity contribution in [3.05, 3.63) is 20.9 Å². The Labute approximate surface area is 118 Å². The van der Waals surface area contributed by atoms with Crippen LogP contribution in [0.15, 0.2) is 6.07 Å². The lowest BCUT2D eigenvalue weighted by atomic mass is 10.1. The minimum Gasteiger partial charge on any atom is -0.481 e. The number of alkyl halides is 4. The van der Waals surface area contributed by atoms with E-state index in [0.29, 0.717) is 5.56 Å². The largest absolute Gasteiger partial charge is 0.574 e. The Bertz CT molecular complexity index is 467. The molecule has 0 bridgehead atoms. The molecule has 0 radical (unpaired) electrons. The molecule has 1 rings (SSSR count). The molecule has 0 amide bonds. The van der Waals surface area contributed by atoms with Crippen molar-refractivity contribution in [3.63, 3.8) is 0 Å². The Balaban J connectivity index is 3.20. The van der Waals surface area contributed by atoms with Crippen molar-refractivity contribution in [2.75, 3.05) is 0 Å². The van der Waals surface area contributed by atoms with Crippen LogP contribution in [0, 0.1) is 3.70 Å². The number of pyridine rings is 1. The lowest BCUT2D eigenvalue weighted by Gasteiger charge is -2.13. The van der Waals surface area contributed by atoms with Crippen molar-refractivity contribution in [1.82, 2.24) is 4.98 Å². The molecule has 1 N–H and O–H groups in total. The van der Waals surface area contributed by atoms with Crippen molar-refractivity contribution < 1.29 is 27.8 Å². The van der Waals surface area contributed by atoms with Crippen molar-refractivity contribution in [2.45, 2.75) is 18.7 Å². The SMILES string of the molecule is O=C(O)Cc1cc(CCl)c(I)nc1OC(F)(F)F. The summed E-state index contributed by atoms with van der Waals surface area (Å²) in [4.78, 5) is 14.2. The number of rotatable bonds is 4. The van der Waals surface area contributed by atoms with Crippen LogP contribution in [0.25, 0.3) is 0 Å². The third kappa shape index (κ3) is 4.48. The summed E-state index contributed by atoms with van der Waals surface area (Å²) in [7, 11) is 0. The highest BCUT2D eigenvalue weighted by molar-refractivity contribution is 14.1. The standard InChI is InChI=1S/C9H6ClF3INO3/c10-3-5-1-4(2-6(16)17)8(15-7(5)14)18-9(11,12)13/h1H,2-3H2,(H,16,17). The van der Waals surface area contributed by atoms with Crippen LogP contribution in [0.2, 0.25) is 0 Å². The van der Waals surface area contributed by atoms with Gasteiger partial charge >= 0.3 is 12.3 Å². The van der Waals surface area contributed by atoms with E-state index >= 15 is 0 Å². The molecule has 1 aromatic heterocycles. The topological polar surface area (TPSA) is 59.4 Å². The molecule has 0 saturated heterocycles. The second-order valence-corrected chi connectivity index (χ2v) is 4.44. The Kier molecular flexibility index (Phi) is 5.02. The summed E-state index contributed by atoms with van der Waals surface area (Å²) in [6.07, 6.45) is -5.55. The van der Waals surface area contributed by atoms with Gasteiger partial charge < -0.3 is 9.84 Å². The molecule has 0 aromatic carbocycles. The number of halogens is 5. The molecule has 0 spiro atoms. The third-order valence-corrected chi connectivity index (χ3v) is 3.01. The number of aromatic nitrogens is 1. The van der Waals surface area contributed by atoms with Gasteiger partial charge in [-0.3, -0.25) is 4.79 Å². The number of carbonyl (C=O) groups is 1. The third-order valence-electron chi connectivity index (χ3n) is 1.79. The highest BCUT2D eigenvalue weighted by Gasteiger charge is 2.33. The molecule has 1 heterocycles. The zero-order chi connectivity index (χ0) is 13.9. The van der Waals surface area contributed by atoms with Crippen LogP contribution in [-0.2, 0) is 17.1 Å². The first kappa shape index (κ1) is 15.3. The fraction of sp³-hybridized carbons (Fsp3) is 0.333. The summed E-state index contributed by atoms with van der Waals surface area (Å²) in [5.74, 6) is -2.03. The average molecular weight is 396 g/mol. The molecule has 18 heavy (non-hydrogen) atoms. The van der Waals surface area contributed by atoms with Gasteiger partial charge in [-0.05, 0) is 34.2 Å². The summed E-state index contributed by atoms with van der Waals surface area (Å²) in [6.45, 7) is 0. The number of carboxylic acids is 1. The fourth-order valence-corrected chi connectivity index (χ4v) is 2.14. The van der Waals surface area contributed by atoms with Crippen LogP contribution in [0.3, 0.4) is 0 Å². The van der Waals surface area contributed by atoms with E-state index in [1.54, 1.807) is 22.6 Å². The van der Waals surface area contributed by atoms with Crippen LogP contribution in [-0.4, -0.2) is 22.4 Å². The smallest absolute Gasteiger partial charge is 0.481 e. The summed E-state index contributed by atoms with van der Waals surface area (Å²) in [5.41, 5.74) is 0.277. The van der Waals surface area contributed by atoms with E-state index in [1.165, 1.54) is 6.07 Å². The fourth-order valence-electron chi connectivity index (χ4n) is 1.15. The average Bonchev–Trinajstić information content (AvgIpc) is 2.19. The van der Waals surface area contributed by atoms with Crippen LogP contribution in [0.4, 0.5) is 13.2 Å². The molecular formula is C9H6ClF3INO3. The first-order valence-corrected chi connectivity index (χ1v) is 6.06. The number of ether oxygens (including phenoxy) is 1. The summed E-state index contributed by atoms with van der Waals surface area (Å²) >= 11 is 7.27. The Hall–Kier alpha value is -0.770. The summed E-state index contributed by atoms with van der Waals surface area (Å²) in [5, 5.41) is 8.62. The number of carboxylic acid groups (broad SMARTS) is 1. The molecular weight excluding hydrogens is 389 g/mol. The van der Waals surface area contributed by atoms with Gasteiger partial charge in [0.05, 0.1) is 6.42 Å². The maximum atomic E-state index is 12.1. The van der Waals surface area contributed by atoms with Gasteiger partial charge in [0.1, 0.15) is 3.70 Å². The van der Waals surface area contributed by atoms with E-state index < -0.39 is 24.6 Å². The highest BCUT2D eigenvalue weighted by Crippen LogP contribution is 2.28. The minimum atomic E-state index is -4.92. The number of hydrogen-bond acceptors (Lipinski definition) is 3. The van der Waals surface area contributed by atoms with Gasteiger partial charge in [-0.25, -0.2) is 4.98 Å². The molecule has 0 aliphatic rings. The maximum absolute atomic E-state index is 12.1. The van der Waals surface area contributed by atoms with Crippen molar-refractivity contribution in [3.8, 4) is 5.88 Å². The predicted molar refractivity (Wildman–Crippen MR) is 64.5 cm³/mol. The van der Waals surface area contributed by atoms with Crippen molar-refractivity contribution in [1.29, 1.82) is 0 Å². The van der Waals surface area contributed by atoms with E-state index in [9.17, 15) is 18.0 Å². The van der Waals surface area contributed by atoms with Crippen LogP contribution in [0.1, 0.15) is 11.1 Å². The lowest BCUT2D eigenvalue weighted by Crippen LogP contribution is -2.20. The Morgan fingerprint density at radius 2 is 2.11 bits per heavy atom. The van der Waals surface area contributed by atoms with Gasteiger partial charge in [0.15, 0.2) is 0 Å². The van der Waals surface area contributed by atoms with E-state index in [1.807, 2.05) is 0 Å². The van der Waals surface area contributed by atoms with E-state index in [0.717, 1.165) is 0 Å². The molecule has 0 unspecified atom stereocenters. The van der Waals surface area contributed by atoms with Gasteiger partial charge in [0, 0.05) is 11.4 Å². The first-order valence-electron chi connectivity index (χ1n) is 4.44. The first-order chi connectivity index (χ1) is 8.23. The zero-order valence-corrected chi connectivity index (χ0v) is 11.5. The Morgan fingerprint density at radius 1 is 1.50 bits per heavy atom. The summed E-state index contributed by atoms with van der Waals surface area (Å²) in [6, 6.07) is 1.25. The molecule has 4 nitrogen and oxygen atoms in total. The van der Waals surface area contributed by atoms with E-state index in [4.69, 9.17) is 16.7 Å². The minimum absolute atomic E-state index is 0.0180. The van der Waals surface area contributed by atoms with Gasteiger partial charge in [0.2, 0.25) is 5.88 Å². The van der Waals surface area contributed by atoms with Gasteiger partial charge in [0.25, 0.3) is 0 Å². The summed E-state index contributed by atoms with van der Waals surface area (Å²) < 4.78 is 40.3. The molecule has 9 heteroatoms. The van der Waals surface area contributed by atoms with Crippen molar-refractivity contribution in [2.24, 2.45) is 0 Å². The molecule has 0 aliphatic heterocycles. The molecule has 0 fully saturated rings. The quantitative estimate of drug-likeness (QED) is 0.484. The van der Waals surface area contributed by atoms with Crippen LogP contribution < -0.4 is 4.74 Å². The number of aliphatic carboxylic acids is 1. The Morgan fingerprint density at radius 3 is 2.56 bits per heavy atom. The highest BCUT2D eigenvalue weighted by atomic mass is 127. The van der Waals surface area contributed by atoms with Gasteiger partial charge in [-0.1, -0.05) is 0 Å². The predicted octanol–water partition coefficient (Wildman–Crippen LogP) is 2.95.